The lowest BCUT2D eigenvalue weighted by atomic mass is 10.1. The van der Waals surface area contributed by atoms with Crippen LogP contribution in [0.4, 0.5) is 5.69 Å². The first-order chi connectivity index (χ1) is 8.50. The minimum atomic E-state index is -1.49. The summed E-state index contributed by atoms with van der Waals surface area (Å²) in [5.41, 5.74) is 0.739. The maximum absolute atomic E-state index is 11.4. The van der Waals surface area contributed by atoms with E-state index in [1.807, 2.05) is 0 Å². The molecule has 1 N–H and O–H groups in total. The summed E-state index contributed by atoms with van der Waals surface area (Å²) in [5.74, 6) is -2.45. The van der Waals surface area contributed by atoms with E-state index in [9.17, 15) is 14.4 Å². The molecule has 1 aliphatic heterocycles. The number of Topliss-reactive ketones (excluding diaryl/α,β-unsaturated/α-hetero) is 1. The molecule has 0 radical (unpaired) electrons. The Kier molecular flexibility index (Phi) is 3.01. The molecule has 6 nitrogen and oxygen atoms in total. The van der Waals surface area contributed by atoms with Crippen LogP contribution in [0.2, 0.25) is 0 Å². The summed E-state index contributed by atoms with van der Waals surface area (Å²) in [4.78, 5) is 33.4. The molecule has 1 aromatic rings. The maximum atomic E-state index is 11.4. The van der Waals surface area contributed by atoms with Gasteiger partial charge in [0.15, 0.2) is 0 Å². The Hall–Kier alpha value is -2.37. The average molecular weight is 248 g/mol. The molecule has 1 fully saturated rings. The minimum Gasteiger partial charge on any atom is -0.475 e. The fourth-order valence-electron chi connectivity index (χ4n) is 1.88. The van der Waals surface area contributed by atoms with Gasteiger partial charge >= 0.3 is 5.97 Å². The average Bonchev–Trinajstić information content (AvgIpc) is 2.69. The van der Waals surface area contributed by atoms with Gasteiger partial charge < -0.3 is 5.11 Å². The Morgan fingerprint density at radius 1 is 1.33 bits per heavy atom. The van der Waals surface area contributed by atoms with Crippen molar-refractivity contribution in [3.63, 3.8) is 0 Å². The molecule has 94 valence electrons. The number of hydrazine groups is 1. The Labute approximate surface area is 103 Å². The van der Waals surface area contributed by atoms with Gasteiger partial charge in [0.2, 0.25) is 5.91 Å². The Morgan fingerprint density at radius 3 is 2.61 bits per heavy atom. The highest BCUT2D eigenvalue weighted by Gasteiger charge is 2.26. The highest BCUT2D eigenvalue weighted by atomic mass is 16.4. The molecule has 2 rings (SSSR count). The van der Waals surface area contributed by atoms with Crippen LogP contribution in [0.3, 0.4) is 0 Å². The second-order valence-corrected chi connectivity index (χ2v) is 3.98. The van der Waals surface area contributed by atoms with Crippen LogP contribution in [-0.2, 0) is 9.59 Å². The van der Waals surface area contributed by atoms with Crippen molar-refractivity contribution >= 4 is 23.3 Å². The maximum Gasteiger partial charge on any atom is 0.377 e. The molecule has 0 bridgehead atoms. The van der Waals surface area contributed by atoms with Crippen molar-refractivity contribution in [1.29, 1.82) is 0 Å². The summed E-state index contributed by atoms with van der Waals surface area (Å²) in [6.07, 6.45) is 0.410. The van der Waals surface area contributed by atoms with Gasteiger partial charge in [-0.1, -0.05) is 12.1 Å². The Morgan fingerprint density at radius 2 is 2.06 bits per heavy atom. The van der Waals surface area contributed by atoms with Gasteiger partial charge in [0, 0.05) is 25.6 Å². The molecule has 0 unspecified atom stereocenters. The van der Waals surface area contributed by atoms with Crippen molar-refractivity contribution in [2.45, 2.75) is 6.42 Å². The van der Waals surface area contributed by atoms with Crippen LogP contribution < -0.4 is 5.01 Å². The Balaban J connectivity index is 2.30. The largest absolute Gasteiger partial charge is 0.475 e. The second-order valence-electron chi connectivity index (χ2n) is 3.98. The number of nitrogens with zero attached hydrogens (tertiary/aromatic N) is 2. The number of aliphatic carboxylic acids is 1. The summed E-state index contributed by atoms with van der Waals surface area (Å²) in [7, 11) is 1.64. The number of benzene rings is 1. The third kappa shape index (κ3) is 2.04. The van der Waals surface area contributed by atoms with Crippen LogP contribution in [-0.4, -0.2) is 41.4 Å². The quantitative estimate of drug-likeness (QED) is 0.624. The van der Waals surface area contributed by atoms with Gasteiger partial charge in [0.25, 0.3) is 5.78 Å². The van der Waals surface area contributed by atoms with Crippen molar-refractivity contribution in [2.24, 2.45) is 0 Å². The molecule has 1 aliphatic rings. The number of hydrogen-bond acceptors (Lipinski definition) is 4. The van der Waals surface area contributed by atoms with Gasteiger partial charge in [-0.15, -0.1) is 0 Å². The SMILES string of the molecule is CN1C(=O)CCN1c1cccc(C(=O)C(=O)O)c1. The number of ketones is 1. The predicted molar refractivity (Wildman–Crippen MR) is 63.1 cm³/mol. The third-order valence-corrected chi connectivity index (χ3v) is 2.86. The zero-order valence-corrected chi connectivity index (χ0v) is 9.79. The highest BCUT2D eigenvalue weighted by molar-refractivity contribution is 6.39. The number of carboxylic acids is 1. The van der Waals surface area contributed by atoms with Crippen molar-refractivity contribution in [1.82, 2.24) is 5.01 Å². The molecule has 0 aromatic heterocycles. The first-order valence-corrected chi connectivity index (χ1v) is 5.42. The van der Waals surface area contributed by atoms with Gasteiger partial charge in [-0.2, -0.15) is 0 Å². The van der Waals surface area contributed by atoms with E-state index in [-0.39, 0.29) is 11.5 Å². The topological polar surface area (TPSA) is 77.9 Å². The van der Waals surface area contributed by atoms with E-state index >= 15 is 0 Å². The number of hydrogen-bond donors (Lipinski definition) is 1. The van der Waals surface area contributed by atoms with E-state index in [1.165, 1.54) is 17.1 Å². The number of rotatable bonds is 3. The molecule has 0 aliphatic carbocycles. The Bertz CT molecular complexity index is 527. The monoisotopic (exact) mass is 248 g/mol. The van der Waals surface area contributed by atoms with Gasteiger partial charge in [-0.3, -0.25) is 19.6 Å². The molecule has 18 heavy (non-hydrogen) atoms. The van der Waals surface area contributed by atoms with Crippen LogP contribution in [0, 0.1) is 0 Å². The first-order valence-electron chi connectivity index (χ1n) is 5.42. The van der Waals surface area contributed by atoms with E-state index in [0.717, 1.165) is 0 Å². The first kappa shape index (κ1) is 12.1. The molecular weight excluding hydrogens is 236 g/mol. The van der Waals surface area contributed by atoms with E-state index in [1.54, 1.807) is 24.2 Å². The highest BCUT2D eigenvalue weighted by Crippen LogP contribution is 2.22. The zero-order chi connectivity index (χ0) is 13.3. The standard InChI is InChI=1S/C12H12N2O4/c1-13-10(15)5-6-14(13)9-4-2-3-8(7-9)11(16)12(17)18/h2-4,7H,5-6H2,1H3,(H,17,18). The summed E-state index contributed by atoms with van der Waals surface area (Å²) in [5, 5.41) is 11.8. The summed E-state index contributed by atoms with van der Waals surface area (Å²) >= 11 is 0. The minimum absolute atomic E-state index is 0.00929. The normalized spacial score (nSPS) is 15.1. The number of anilines is 1. The van der Waals surface area contributed by atoms with Crippen LogP contribution >= 0.6 is 0 Å². The van der Waals surface area contributed by atoms with Gasteiger partial charge in [-0.25, -0.2) is 4.79 Å². The summed E-state index contributed by atoms with van der Waals surface area (Å²) in [6.45, 7) is 0.528. The number of carboxylic acid groups (broad SMARTS) is 1. The van der Waals surface area contributed by atoms with Crippen molar-refractivity contribution in [3.8, 4) is 0 Å². The third-order valence-electron chi connectivity index (χ3n) is 2.86. The second kappa shape index (κ2) is 4.48. The van der Waals surface area contributed by atoms with Crippen molar-refractivity contribution < 1.29 is 19.5 Å². The molecule has 1 saturated heterocycles. The van der Waals surface area contributed by atoms with E-state index in [4.69, 9.17) is 5.11 Å². The molecule has 1 heterocycles. The molecular formula is C12H12N2O4. The van der Waals surface area contributed by atoms with Crippen molar-refractivity contribution in [3.05, 3.63) is 29.8 Å². The van der Waals surface area contributed by atoms with Crippen LogP contribution in [0.15, 0.2) is 24.3 Å². The molecule has 6 heteroatoms. The molecule has 1 aromatic carbocycles. The molecule has 1 amide bonds. The van der Waals surface area contributed by atoms with Crippen molar-refractivity contribution in [2.75, 3.05) is 18.6 Å². The fraction of sp³-hybridized carbons (Fsp3) is 0.250. The van der Waals surface area contributed by atoms with E-state index in [2.05, 4.69) is 0 Å². The van der Waals surface area contributed by atoms with Crippen LogP contribution in [0.5, 0.6) is 0 Å². The lowest BCUT2D eigenvalue weighted by molar-refractivity contribution is -0.132. The number of carbonyl (C=O) groups excluding carboxylic acids is 2. The number of carbonyl (C=O) groups is 3. The van der Waals surface area contributed by atoms with Crippen LogP contribution in [0.25, 0.3) is 0 Å². The molecule has 0 spiro atoms. The lowest BCUT2D eigenvalue weighted by Crippen LogP contribution is -2.35. The molecule has 0 atom stereocenters. The smallest absolute Gasteiger partial charge is 0.377 e. The summed E-state index contributed by atoms with van der Waals surface area (Å²) < 4.78 is 0. The zero-order valence-electron chi connectivity index (χ0n) is 9.79. The van der Waals surface area contributed by atoms with Gasteiger partial charge in [-0.05, 0) is 12.1 Å². The molecule has 0 saturated carbocycles. The predicted octanol–water partition coefficient (Wildman–Crippen LogP) is 0.537. The van der Waals surface area contributed by atoms with E-state index in [0.29, 0.717) is 18.7 Å². The number of amides is 1. The summed E-state index contributed by atoms with van der Waals surface area (Å²) in [6, 6.07) is 6.25. The lowest BCUT2D eigenvalue weighted by Gasteiger charge is -2.26. The fourth-order valence-corrected chi connectivity index (χ4v) is 1.88. The van der Waals surface area contributed by atoms with Gasteiger partial charge in [0.05, 0.1) is 5.69 Å². The van der Waals surface area contributed by atoms with Gasteiger partial charge in [0.1, 0.15) is 0 Å². The van der Waals surface area contributed by atoms with E-state index < -0.39 is 11.8 Å². The van der Waals surface area contributed by atoms with Crippen LogP contribution in [0.1, 0.15) is 16.8 Å².